The number of halogens is 1. The smallest absolute Gasteiger partial charge is 0.181 e. The summed E-state index contributed by atoms with van der Waals surface area (Å²) in [5.41, 5.74) is 7.40. The standard InChI is InChI=1S/C15H15ClN4O2S/c1-9(2)23(21,22)12-6-4-3-5-10(12)11-8-18-20-14(17)7-13(16)19-15(11)20/h3-9H,17H2,1-2H3. The molecule has 2 heterocycles. The first-order valence-electron chi connectivity index (χ1n) is 6.95. The van der Waals surface area contributed by atoms with Crippen LogP contribution in [0.25, 0.3) is 16.8 Å². The lowest BCUT2D eigenvalue weighted by Gasteiger charge is -2.12. The van der Waals surface area contributed by atoms with Crippen molar-refractivity contribution in [1.82, 2.24) is 14.6 Å². The van der Waals surface area contributed by atoms with E-state index >= 15 is 0 Å². The highest BCUT2D eigenvalue weighted by molar-refractivity contribution is 7.92. The summed E-state index contributed by atoms with van der Waals surface area (Å²) in [6.07, 6.45) is 1.55. The molecule has 0 aliphatic carbocycles. The number of nitrogens with two attached hydrogens (primary N) is 1. The Kier molecular flexibility index (Phi) is 3.77. The van der Waals surface area contributed by atoms with Gasteiger partial charge in [0.2, 0.25) is 0 Å². The molecule has 0 saturated heterocycles. The summed E-state index contributed by atoms with van der Waals surface area (Å²) in [5.74, 6) is 0.329. The van der Waals surface area contributed by atoms with Crippen LogP contribution in [-0.4, -0.2) is 28.3 Å². The molecule has 2 aromatic heterocycles. The highest BCUT2D eigenvalue weighted by Crippen LogP contribution is 2.32. The number of rotatable bonds is 3. The molecule has 6 nitrogen and oxygen atoms in total. The molecule has 1 aromatic carbocycles. The van der Waals surface area contributed by atoms with Crippen LogP contribution >= 0.6 is 11.6 Å². The number of nitrogens with zero attached hydrogens (tertiary/aromatic N) is 3. The van der Waals surface area contributed by atoms with Crippen LogP contribution < -0.4 is 5.73 Å². The summed E-state index contributed by atoms with van der Waals surface area (Å²) in [7, 11) is -3.45. The molecule has 0 saturated carbocycles. The Morgan fingerprint density at radius 2 is 1.91 bits per heavy atom. The molecular formula is C15H15ClN4O2S. The number of benzene rings is 1. The van der Waals surface area contributed by atoms with Crippen molar-refractivity contribution in [3.05, 3.63) is 41.7 Å². The lowest BCUT2D eigenvalue weighted by Crippen LogP contribution is -2.15. The number of hydrogen-bond donors (Lipinski definition) is 1. The molecular weight excluding hydrogens is 336 g/mol. The molecule has 120 valence electrons. The second kappa shape index (κ2) is 5.50. The molecule has 0 unspecified atom stereocenters. The van der Waals surface area contributed by atoms with E-state index < -0.39 is 15.1 Å². The van der Waals surface area contributed by atoms with Gasteiger partial charge in [0.15, 0.2) is 15.5 Å². The SMILES string of the molecule is CC(C)S(=O)(=O)c1ccccc1-c1cnn2c(N)cc(Cl)nc12. The molecule has 0 fully saturated rings. The summed E-state index contributed by atoms with van der Waals surface area (Å²) in [4.78, 5) is 4.47. The van der Waals surface area contributed by atoms with Crippen LogP contribution in [0.1, 0.15) is 13.8 Å². The maximum absolute atomic E-state index is 12.6. The predicted octanol–water partition coefficient (Wildman–Crippen LogP) is 2.81. The Hall–Kier alpha value is -2.12. The average Bonchev–Trinajstić information content (AvgIpc) is 2.91. The van der Waals surface area contributed by atoms with Gasteiger partial charge in [-0.05, 0) is 19.9 Å². The highest BCUT2D eigenvalue weighted by Gasteiger charge is 2.24. The van der Waals surface area contributed by atoms with E-state index in [-0.39, 0.29) is 10.0 Å². The monoisotopic (exact) mass is 350 g/mol. The number of fused-ring (bicyclic) bond motifs is 1. The summed E-state index contributed by atoms with van der Waals surface area (Å²) in [6, 6.07) is 8.26. The van der Waals surface area contributed by atoms with E-state index in [0.29, 0.717) is 22.6 Å². The normalized spacial score (nSPS) is 12.2. The number of sulfone groups is 1. The summed E-state index contributed by atoms with van der Waals surface area (Å²) in [5, 5.41) is 3.87. The summed E-state index contributed by atoms with van der Waals surface area (Å²) < 4.78 is 26.7. The minimum atomic E-state index is -3.45. The van der Waals surface area contributed by atoms with E-state index in [1.165, 1.54) is 10.6 Å². The fourth-order valence-corrected chi connectivity index (χ4v) is 3.79. The summed E-state index contributed by atoms with van der Waals surface area (Å²) >= 11 is 5.97. The molecule has 0 atom stereocenters. The van der Waals surface area contributed by atoms with Crippen LogP contribution in [0.15, 0.2) is 41.4 Å². The third-order valence-electron chi connectivity index (χ3n) is 3.57. The van der Waals surface area contributed by atoms with Gasteiger partial charge >= 0.3 is 0 Å². The van der Waals surface area contributed by atoms with E-state index in [9.17, 15) is 8.42 Å². The number of aromatic nitrogens is 3. The lowest BCUT2D eigenvalue weighted by atomic mass is 10.1. The topological polar surface area (TPSA) is 90.3 Å². The molecule has 8 heteroatoms. The van der Waals surface area contributed by atoms with Gasteiger partial charge in [-0.15, -0.1) is 0 Å². The van der Waals surface area contributed by atoms with Crippen molar-refractivity contribution in [3.8, 4) is 11.1 Å². The van der Waals surface area contributed by atoms with Crippen LogP contribution in [-0.2, 0) is 9.84 Å². The van der Waals surface area contributed by atoms with Gasteiger partial charge in [-0.3, -0.25) is 0 Å². The van der Waals surface area contributed by atoms with Gasteiger partial charge in [0.05, 0.1) is 16.3 Å². The van der Waals surface area contributed by atoms with Crippen molar-refractivity contribution in [2.75, 3.05) is 5.73 Å². The van der Waals surface area contributed by atoms with Gasteiger partial charge in [-0.25, -0.2) is 13.4 Å². The molecule has 0 aliphatic rings. The van der Waals surface area contributed by atoms with Gasteiger partial charge in [-0.2, -0.15) is 9.61 Å². The fourth-order valence-electron chi connectivity index (χ4n) is 2.34. The molecule has 0 aliphatic heterocycles. The number of nitrogen functional groups attached to an aromatic ring is 1. The van der Waals surface area contributed by atoms with Gasteiger partial charge in [0.1, 0.15) is 11.0 Å². The maximum atomic E-state index is 12.6. The van der Waals surface area contributed by atoms with Crippen molar-refractivity contribution in [3.63, 3.8) is 0 Å². The van der Waals surface area contributed by atoms with Gasteiger partial charge in [0.25, 0.3) is 0 Å². The third-order valence-corrected chi connectivity index (χ3v) is 5.98. The fraction of sp³-hybridized carbons (Fsp3) is 0.200. The van der Waals surface area contributed by atoms with Crippen molar-refractivity contribution in [2.24, 2.45) is 0 Å². The van der Waals surface area contributed by atoms with E-state index in [0.717, 1.165) is 0 Å². The second-order valence-corrected chi connectivity index (χ2v) is 8.25. The van der Waals surface area contributed by atoms with Gasteiger partial charge < -0.3 is 5.73 Å². The van der Waals surface area contributed by atoms with Crippen molar-refractivity contribution >= 4 is 32.9 Å². The van der Waals surface area contributed by atoms with Crippen LogP contribution in [0.2, 0.25) is 5.15 Å². The Bertz CT molecular complexity index is 996. The van der Waals surface area contributed by atoms with E-state index in [1.54, 1.807) is 44.3 Å². The zero-order valence-electron chi connectivity index (χ0n) is 12.6. The molecule has 0 bridgehead atoms. The van der Waals surface area contributed by atoms with E-state index in [2.05, 4.69) is 10.1 Å². The molecule has 0 radical (unpaired) electrons. The first-order chi connectivity index (χ1) is 10.8. The van der Waals surface area contributed by atoms with E-state index in [1.807, 2.05) is 0 Å². The predicted molar refractivity (Wildman–Crippen MR) is 90.2 cm³/mol. The Balaban J connectivity index is 2.34. The van der Waals surface area contributed by atoms with Crippen molar-refractivity contribution < 1.29 is 8.42 Å². The first kappa shape index (κ1) is 15.8. The highest BCUT2D eigenvalue weighted by atomic mass is 35.5. The molecule has 2 N–H and O–H groups in total. The third kappa shape index (κ3) is 2.55. The van der Waals surface area contributed by atoms with Crippen molar-refractivity contribution in [1.29, 1.82) is 0 Å². The molecule has 23 heavy (non-hydrogen) atoms. The molecule has 0 amide bonds. The summed E-state index contributed by atoms with van der Waals surface area (Å²) in [6.45, 7) is 3.30. The van der Waals surface area contributed by atoms with Crippen LogP contribution in [0.5, 0.6) is 0 Å². The Morgan fingerprint density at radius 1 is 1.22 bits per heavy atom. The molecule has 3 rings (SSSR count). The molecule has 3 aromatic rings. The average molecular weight is 351 g/mol. The minimum Gasteiger partial charge on any atom is -0.383 e. The first-order valence-corrected chi connectivity index (χ1v) is 8.88. The van der Waals surface area contributed by atoms with Crippen LogP contribution in [0.3, 0.4) is 0 Å². The zero-order valence-corrected chi connectivity index (χ0v) is 14.1. The maximum Gasteiger partial charge on any atom is 0.181 e. The number of anilines is 1. The quantitative estimate of drug-likeness (QED) is 0.733. The lowest BCUT2D eigenvalue weighted by molar-refractivity contribution is 0.587. The van der Waals surface area contributed by atoms with Crippen LogP contribution in [0, 0.1) is 0 Å². The van der Waals surface area contributed by atoms with Crippen molar-refractivity contribution in [2.45, 2.75) is 24.0 Å². The Morgan fingerprint density at radius 3 is 2.61 bits per heavy atom. The second-order valence-electron chi connectivity index (χ2n) is 5.39. The van der Waals surface area contributed by atoms with E-state index in [4.69, 9.17) is 17.3 Å². The number of hydrogen-bond acceptors (Lipinski definition) is 5. The molecule has 0 spiro atoms. The minimum absolute atomic E-state index is 0.223. The Labute approximate surface area is 138 Å². The van der Waals surface area contributed by atoms with Crippen LogP contribution in [0.4, 0.5) is 5.82 Å². The van der Waals surface area contributed by atoms with Gasteiger partial charge in [-0.1, -0.05) is 29.8 Å². The zero-order chi connectivity index (χ0) is 16.8. The largest absolute Gasteiger partial charge is 0.383 e. The van der Waals surface area contributed by atoms with Gasteiger partial charge in [0, 0.05) is 17.2 Å².